The molecule has 9 heteroatoms. The zero-order valence-electron chi connectivity index (χ0n) is 15.7. The van der Waals surface area contributed by atoms with E-state index >= 15 is 0 Å². The maximum absolute atomic E-state index is 13.1. The molecule has 1 atom stereocenters. The fourth-order valence-electron chi connectivity index (χ4n) is 3.20. The van der Waals surface area contributed by atoms with E-state index in [4.69, 9.17) is 9.26 Å². The number of imide groups is 1. The molecule has 0 radical (unpaired) electrons. The first-order valence-corrected chi connectivity index (χ1v) is 9.58. The summed E-state index contributed by atoms with van der Waals surface area (Å²) in [5.74, 6) is 0.848. The summed E-state index contributed by atoms with van der Waals surface area (Å²) < 4.78 is 11.1. The highest BCUT2D eigenvalue weighted by Crippen LogP contribution is 2.34. The molecule has 3 amide bonds. The second-order valence-corrected chi connectivity index (χ2v) is 7.52. The molecule has 4 rings (SSSR count). The summed E-state index contributed by atoms with van der Waals surface area (Å²) in [6, 6.07) is 13.9. The number of ether oxygens (including phenoxy) is 1. The van der Waals surface area contributed by atoms with Crippen molar-refractivity contribution in [3.8, 4) is 17.1 Å². The lowest BCUT2D eigenvalue weighted by Crippen LogP contribution is -2.41. The Balaban J connectivity index is 1.56. The van der Waals surface area contributed by atoms with E-state index in [0.717, 1.165) is 14.9 Å². The second-order valence-electron chi connectivity index (χ2n) is 6.67. The van der Waals surface area contributed by atoms with E-state index in [9.17, 15) is 9.59 Å². The number of rotatable bonds is 5. The van der Waals surface area contributed by atoms with Gasteiger partial charge in [-0.05, 0) is 37.3 Å². The minimum atomic E-state index is -1.18. The fraction of sp³-hybridized carbons (Fsp3) is 0.200. The van der Waals surface area contributed by atoms with E-state index in [-0.39, 0.29) is 12.4 Å². The van der Waals surface area contributed by atoms with Crippen molar-refractivity contribution in [3.05, 3.63) is 64.5 Å². The average molecular weight is 457 g/mol. The molecule has 1 aliphatic heterocycles. The average Bonchev–Trinajstić information content (AvgIpc) is 3.28. The molecule has 1 aromatic heterocycles. The number of nitrogens with one attached hydrogen (secondary N) is 1. The molecular weight excluding hydrogens is 440 g/mol. The number of benzene rings is 2. The molecule has 8 nitrogen and oxygen atoms in total. The van der Waals surface area contributed by atoms with E-state index < -0.39 is 17.5 Å². The van der Waals surface area contributed by atoms with Crippen LogP contribution in [0.2, 0.25) is 0 Å². The molecule has 1 saturated heterocycles. The highest BCUT2D eigenvalue weighted by atomic mass is 79.9. The number of methoxy groups -OCH3 is 1. The molecule has 1 fully saturated rings. The van der Waals surface area contributed by atoms with Crippen LogP contribution in [0.4, 0.5) is 4.79 Å². The van der Waals surface area contributed by atoms with Crippen LogP contribution in [0.15, 0.2) is 57.5 Å². The van der Waals surface area contributed by atoms with Crippen LogP contribution >= 0.6 is 15.9 Å². The van der Waals surface area contributed by atoms with Gasteiger partial charge in [0.25, 0.3) is 5.91 Å². The standard InChI is InChI=1S/C20H17BrN4O4/c1-20(14-5-3-4-6-15(14)21)18(26)25(19(27)23-20)11-16-22-17(24-29-16)12-7-9-13(28-2)10-8-12/h3-10H,11H2,1-2H3,(H,23,27)/t20-/m0/s1. The van der Waals surface area contributed by atoms with Gasteiger partial charge >= 0.3 is 6.03 Å². The number of urea groups is 1. The number of carbonyl (C=O) groups excluding carboxylic acids is 2. The molecule has 2 heterocycles. The zero-order valence-corrected chi connectivity index (χ0v) is 17.3. The van der Waals surface area contributed by atoms with Crippen molar-refractivity contribution in [3.63, 3.8) is 0 Å². The van der Waals surface area contributed by atoms with Crippen LogP contribution in [-0.4, -0.2) is 34.1 Å². The SMILES string of the molecule is COc1ccc(-c2noc(CN3C(=O)N[C@@](C)(c4ccccc4Br)C3=O)n2)cc1. The van der Waals surface area contributed by atoms with Crippen molar-refractivity contribution in [2.45, 2.75) is 19.0 Å². The second kappa shape index (κ2) is 7.32. The predicted molar refractivity (Wildman–Crippen MR) is 107 cm³/mol. The Morgan fingerprint density at radius 1 is 1.17 bits per heavy atom. The van der Waals surface area contributed by atoms with Gasteiger partial charge in [-0.2, -0.15) is 4.98 Å². The van der Waals surface area contributed by atoms with Gasteiger partial charge in [-0.1, -0.05) is 39.3 Å². The van der Waals surface area contributed by atoms with Crippen molar-refractivity contribution in [1.82, 2.24) is 20.4 Å². The topological polar surface area (TPSA) is 97.6 Å². The van der Waals surface area contributed by atoms with Gasteiger partial charge in [0.2, 0.25) is 11.7 Å². The number of aromatic nitrogens is 2. The first-order chi connectivity index (χ1) is 13.9. The molecule has 1 N–H and O–H groups in total. The van der Waals surface area contributed by atoms with Crippen LogP contribution in [0.5, 0.6) is 5.75 Å². The monoisotopic (exact) mass is 456 g/mol. The Hall–Kier alpha value is -3.20. The molecule has 29 heavy (non-hydrogen) atoms. The lowest BCUT2D eigenvalue weighted by atomic mass is 9.92. The number of halogens is 1. The van der Waals surface area contributed by atoms with Crippen molar-refractivity contribution in [1.29, 1.82) is 0 Å². The zero-order chi connectivity index (χ0) is 20.6. The van der Waals surface area contributed by atoms with Crippen LogP contribution in [0, 0.1) is 0 Å². The molecule has 3 aromatic rings. The summed E-state index contributed by atoms with van der Waals surface area (Å²) in [5, 5.41) is 6.70. The van der Waals surface area contributed by atoms with Crippen LogP contribution in [0.25, 0.3) is 11.4 Å². The maximum atomic E-state index is 13.1. The molecule has 1 aliphatic rings. The third kappa shape index (κ3) is 3.38. The highest BCUT2D eigenvalue weighted by Gasteiger charge is 2.50. The van der Waals surface area contributed by atoms with Crippen LogP contribution in [0.1, 0.15) is 18.4 Å². The van der Waals surface area contributed by atoms with Gasteiger partial charge < -0.3 is 14.6 Å². The first kappa shape index (κ1) is 19.1. The number of nitrogens with zero attached hydrogens (tertiary/aromatic N) is 3. The summed E-state index contributed by atoms with van der Waals surface area (Å²) in [4.78, 5) is 31.0. The summed E-state index contributed by atoms with van der Waals surface area (Å²) >= 11 is 3.44. The van der Waals surface area contributed by atoms with Gasteiger partial charge in [0, 0.05) is 15.6 Å². The fourth-order valence-corrected chi connectivity index (χ4v) is 3.88. The maximum Gasteiger partial charge on any atom is 0.325 e. The normalized spacial score (nSPS) is 18.8. The highest BCUT2D eigenvalue weighted by molar-refractivity contribution is 9.10. The van der Waals surface area contributed by atoms with Crippen molar-refractivity contribution < 1.29 is 18.8 Å². The molecule has 2 aromatic carbocycles. The molecule has 0 unspecified atom stereocenters. The van der Waals surface area contributed by atoms with Gasteiger partial charge in [0.15, 0.2) is 0 Å². The minimum Gasteiger partial charge on any atom is -0.497 e. The van der Waals surface area contributed by atoms with E-state index in [0.29, 0.717) is 17.1 Å². The van der Waals surface area contributed by atoms with E-state index in [1.165, 1.54) is 0 Å². The van der Waals surface area contributed by atoms with E-state index in [1.54, 1.807) is 44.4 Å². The largest absolute Gasteiger partial charge is 0.497 e. The Kier molecular flexibility index (Phi) is 4.83. The third-order valence-electron chi connectivity index (χ3n) is 4.80. The Labute approximate surface area is 175 Å². The Morgan fingerprint density at radius 2 is 1.90 bits per heavy atom. The van der Waals surface area contributed by atoms with Crippen molar-refractivity contribution in [2.75, 3.05) is 7.11 Å². The first-order valence-electron chi connectivity index (χ1n) is 8.78. The smallest absolute Gasteiger partial charge is 0.325 e. The summed E-state index contributed by atoms with van der Waals surface area (Å²) in [6.45, 7) is 1.55. The summed E-state index contributed by atoms with van der Waals surface area (Å²) in [6.07, 6.45) is 0. The minimum absolute atomic E-state index is 0.117. The van der Waals surface area contributed by atoms with Gasteiger partial charge in [-0.25, -0.2) is 4.79 Å². The van der Waals surface area contributed by atoms with Crippen molar-refractivity contribution in [2.24, 2.45) is 0 Å². The summed E-state index contributed by atoms with van der Waals surface area (Å²) in [7, 11) is 1.58. The quantitative estimate of drug-likeness (QED) is 0.590. The Bertz CT molecular complexity index is 1080. The number of amides is 3. The molecular formula is C20H17BrN4O4. The molecule has 0 spiro atoms. The Morgan fingerprint density at radius 3 is 2.59 bits per heavy atom. The number of hydrogen-bond donors (Lipinski definition) is 1. The van der Waals surface area contributed by atoms with Gasteiger partial charge in [0.05, 0.1) is 7.11 Å². The van der Waals surface area contributed by atoms with Crippen LogP contribution in [-0.2, 0) is 16.9 Å². The van der Waals surface area contributed by atoms with E-state index in [1.807, 2.05) is 18.2 Å². The summed E-state index contributed by atoms with van der Waals surface area (Å²) in [5.41, 5.74) is 0.220. The number of carbonyl (C=O) groups is 2. The molecule has 0 saturated carbocycles. The van der Waals surface area contributed by atoms with Crippen LogP contribution in [0.3, 0.4) is 0 Å². The third-order valence-corrected chi connectivity index (χ3v) is 5.49. The molecule has 148 valence electrons. The number of hydrogen-bond acceptors (Lipinski definition) is 6. The van der Waals surface area contributed by atoms with Gasteiger partial charge in [-0.15, -0.1) is 0 Å². The molecule has 0 aliphatic carbocycles. The lowest BCUT2D eigenvalue weighted by molar-refractivity contribution is -0.131. The van der Waals surface area contributed by atoms with E-state index in [2.05, 4.69) is 31.4 Å². The lowest BCUT2D eigenvalue weighted by Gasteiger charge is -2.23. The van der Waals surface area contributed by atoms with Gasteiger partial charge in [-0.3, -0.25) is 9.69 Å². The predicted octanol–water partition coefficient (Wildman–Crippen LogP) is 3.47. The van der Waals surface area contributed by atoms with Gasteiger partial charge in [0.1, 0.15) is 17.8 Å². The van der Waals surface area contributed by atoms with Crippen molar-refractivity contribution >= 4 is 27.9 Å². The van der Waals surface area contributed by atoms with Crippen LogP contribution < -0.4 is 10.1 Å². The molecule has 0 bridgehead atoms.